The molecule has 3 rings (SSSR count). The van der Waals surface area contributed by atoms with E-state index >= 15 is 0 Å². The van der Waals surface area contributed by atoms with Crippen molar-refractivity contribution in [1.29, 1.82) is 5.26 Å². The van der Waals surface area contributed by atoms with Crippen LogP contribution in [0.3, 0.4) is 0 Å². The molecule has 1 heterocycles. The topological polar surface area (TPSA) is 104 Å². The first-order valence-electron chi connectivity index (χ1n) is 9.17. The van der Waals surface area contributed by atoms with Gasteiger partial charge in [0.15, 0.2) is 0 Å². The van der Waals surface area contributed by atoms with Crippen LogP contribution in [0.4, 0.5) is 0 Å². The van der Waals surface area contributed by atoms with Crippen molar-refractivity contribution in [1.82, 2.24) is 9.97 Å². The summed E-state index contributed by atoms with van der Waals surface area (Å²) < 4.78 is 21.4. The number of rotatable bonds is 8. The van der Waals surface area contributed by atoms with Gasteiger partial charge in [-0.2, -0.15) is 5.26 Å². The molecular formula is C23H19N3O5. The molecule has 8 nitrogen and oxygen atoms in total. The van der Waals surface area contributed by atoms with Crippen LogP contribution in [0.25, 0.3) is 5.57 Å². The van der Waals surface area contributed by atoms with Crippen molar-refractivity contribution in [2.24, 2.45) is 0 Å². The van der Waals surface area contributed by atoms with Crippen LogP contribution in [0.1, 0.15) is 16.7 Å². The zero-order chi connectivity index (χ0) is 22.1. The molecule has 156 valence electrons. The predicted octanol–water partition coefficient (Wildman–Crippen LogP) is 3.88. The van der Waals surface area contributed by atoms with Gasteiger partial charge in [-0.25, -0.2) is 14.8 Å². The first-order valence-corrected chi connectivity index (χ1v) is 9.17. The summed E-state index contributed by atoms with van der Waals surface area (Å²) in [5, 5.41) is 9.19. The molecule has 0 radical (unpaired) electrons. The fourth-order valence-electron chi connectivity index (χ4n) is 2.70. The zero-order valence-electron chi connectivity index (χ0n) is 16.9. The standard InChI is InChI=1S/C23H19N3O5/c1-28-14-19(23(27)29-2)18-9-5-6-10-20(18)31-22-11-21(25-15-26-22)30-13-17-8-4-3-7-16(17)12-24/h3-11,14-15H,13H2,1-2H3/b19-14+. The molecule has 1 aromatic heterocycles. The van der Waals surface area contributed by atoms with Crippen LogP contribution in [-0.2, 0) is 20.9 Å². The minimum atomic E-state index is -0.569. The van der Waals surface area contributed by atoms with E-state index in [9.17, 15) is 10.1 Å². The van der Waals surface area contributed by atoms with E-state index in [4.69, 9.17) is 18.9 Å². The molecular weight excluding hydrogens is 398 g/mol. The molecule has 0 fully saturated rings. The Morgan fingerprint density at radius 3 is 2.58 bits per heavy atom. The van der Waals surface area contributed by atoms with E-state index in [1.54, 1.807) is 36.4 Å². The molecule has 0 aliphatic carbocycles. The van der Waals surface area contributed by atoms with E-state index in [1.807, 2.05) is 12.1 Å². The SMILES string of the molecule is CO/C=C(/C(=O)OC)c1ccccc1Oc1cc(OCc2ccccc2C#N)ncn1. The number of benzene rings is 2. The fraction of sp³-hybridized carbons (Fsp3) is 0.130. The first kappa shape index (κ1) is 21.3. The van der Waals surface area contributed by atoms with Gasteiger partial charge in [0.05, 0.1) is 38.2 Å². The highest BCUT2D eigenvalue weighted by molar-refractivity contribution is 6.17. The van der Waals surface area contributed by atoms with Gasteiger partial charge in [0.1, 0.15) is 24.3 Å². The Kier molecular flexibility index (Phi) is 7.16. The van der Waals surface area contributed by atoms with Gasteiger partial charge in [0.25, 0.3) is 0 Å². The normalized spacial score (nSPS) is 10.7. The number of methoxy groups -OCH3 is 2. The molecule has 0 saturated heterocycles. The number of aromatic nitrogens is 2. The second kappa shape index (κ2) is 10.4. The van der Waals surface area contributed by atoms with Crippen molar-refractivity contribution in [3.05, 3.63) is 83.9 Å². The second-order valence-corrected chi connectivity index (χ2v) is 6.11. The lowest BCUT2D eigenvalue weighted by Gasteiger charge is -2.12. The highest BCUT2D eigenvalue weighted by Crippen LogP contribution is 2.31. The third kappa shape index (κ3) is 5.36. The highest BCUT2D eigenvalue weighted by atomic mass is 16.5. The highest BCUT2D eigenvalue weighted by Gasteiger charge is 2.18. The largest absolute Gasteiger partial charge is 0.503 e. The summed E-state index contributed by atoms with van der Waals surface area (Å²) in [6.45, 7) is 0.167. The average Bonchev–Trinajstić information content (AvgIpc) is 2.81. The van der Waals surface area contributed by atoms with Gasteiger partial charge in [0, 0.05) is 11.1 Å². The lowest BCUT2D eigenvalue weighted by atomic mass is 10.1. The van der Waals surface area contributed by atoms with Crippen LogP contribution in [0.15, 0.2) is 67.2 Å². The molecule has 0 atom stereocenters. The molecule has 2 aromatic carbocycles. The van der Waals surface area contributed by atoms with Crippen LogP contribution >= 0.6 is 0 Å². The third-order valence-electron chi connectivity index (χ3n) is 4.16. The summed E-state index contributed by atoms with van der Waals surface area (Å²) >= 11 is 0. The number of nitrogens with zero attached hydrogens (tertiary/aromatic N) is 3. The first-order chi connectivity index (χ1) is 15.2. The van der Waals surface area contributed by atoms with Crippen molar-refractivity contribution >= 4 is 11.5 Å². The van der Waals surface area contributed by atoms with Gasteiger partial charge >= 0.3 is 5.97 Å². The number of hydrogen-bond donors (Lipinski definition) is 0. The Morgan fingerprint density at radius 1 is 1.06 bits per heavy atom. The summed E-state index contributed by atoms with van der Waals surface area (Å²) in [6, 6.07) is 17.7. The van der Waals surface area contributed by atoms with E-state index in [1.165, 1.54) is 32.9 Å². The minimum absolute atomic E-state index is 0.167. The Hall–Kier alpha value is -4.38. The number of para-hydroxylation sites is 1. The summed E-state index contributed by atoms with van der Waals surface area (Å²) in [5.74, 6) is 0.292. The molecule has 3 aromatic rings. The molecule has 0 bridgehead atoms. The molecule has 0 spiro atoms. The maximum atomic E-state index is 12.1. The number of carbonyl (C=O) groups is 1. The van der Waals surface area contributed by atoms with Crippen LogP contribution in [0.5, 0.6) is 17.5 Å². The van der Waals surface area contributed by atoms with E-state index in [0.29, 0.717) is 16.9 Å². The van der Waals surface area contributed by atoms with E-state index in [0.717, 1.165) is 5.56 Å². The summed E-state index contributed by atoms with van der Waals surface area (Å²) in [7, 11) is 2.72. The summed E-state index contributed by atoms with van der Waals surface area (Å²) in [4.78, 5) is 20.3. The zero-order valence-corrected chi connectivity index (χ0v) is 16.9. The predicted molar refractivity (Wildman–Crippen MR) is 111 cm³/mol. The number of carbonyl (C=O) groups excluding carboxylic acids is 1. The van der Waals surface area contributed by atoms with Crippen LogP contribution in [0.2, 0.25) is 0 Å². The minimum Gasteiger partial charge on any atom is -0.503 e. The molecule has 8 heteroatoms. The van der Waals surface area contributed by atoms with E-state index < -0.39 is 5.97 Å². The van der Waals surface area contributed by atoms with Gasteiger partial charge < -0.3 is 18.9 Å². The van der Waals surface area contributed by atoms with Crippen molar-refractivity contribution in [3.63, 3.8) is 0 Å². The quantitative estimate of drug-likeness (QED) is 0.309. The lowest BCUT2D eigenvalue weighted by Crippen LogP contribution is -2.06. The Labute approximate surface area is 179 Å². The van der Waals surface area contributed by atoms with E-state index in [-0.39, 0.29) is 23.9 Å². The van der Waals surface area contributed by atoms with Crippen LogP contribution in [-0.4, -0.2) is 30.2 Å². The third-order valence-corrected chi connectivity index (χ3v) is 4.16. The number of ether oxygens (including phenoxy) is 4. The summed E-state index contributed by atoms with van der Waals surface area (Å²) in [6.07, 6.45) is 2.59. The van der Waals surface area contributed by atoms with Gasteiger partial charge in [0.2, 0.25) is 11.8 Å². The fourth-order valence-corrected chi connectivity index (χ4v) is 2.70. The summed E-state index contributed by atoms with van der Waals surface area (Å²) in [5.41, 5.74) is 1.94. The Balaban J connectivity index is 1.81. The number of hydrogen-bond acceptors (Lipinski definition) is 8. The molecule has 0 N–H and O–H groups in total. The van der Waals surface area contributed by atoms with Crippen LogP contribution < -0.4 is 9.47 Å². The molecule has 0 unspecified atom stereocenters. The van der Waals surface area contributed by atoms with E-state index in [2.05, 4.69) is 16.0 Å². The molecule has 0 saturated carbocycles. The van der Waals surface area contributed by atoms with Gasteiger partial charge in [-0.15, -0.1) is 0 Å². The molecule has 0 aliphatic rings. The van der Waals surface area contributed by atoms with Crippen LogP contribution in [0, 0.1) is 11.3 Å². The molecule has 0 aliphatic heterocycles. The number of nitriles is 1. The lowest BCUT2D eigenvalue weighted by molar-refractivity contribution is -0.133. The smallest absolute Gasteiger partial charge is 0.341 e. The van der Waals surface area contributed by atoms with Crippen molar-refractivity contribution in [3.8, 4) is 23.6 Å². The van der Waals surface area contributed by atoms with Gasteiger partial charge in [-0.3, -0.25) is 0 Å². The molecule has 31 heavy (non-hydrogen) atoms. The average molecular weight is 417 g/mol. The van der Waals surface area contributed by atoms with Crippen molar-refractivity contribution in [2.45, 2.75) is 6.61 Å². The Morgan fingerprint density at radius 2 is 1.81 bits per heavy atom. The van der Waals surface area contributed by atoms with Gasteiger partial charge in [-0.1, -0.05) is 36.4 Å². The van der Waals surface area contributed by atoms with Crippen molar-refractivity contribution < 1.29 is 23.7 Å². The second-order valence-electron chi connectivity index (χ2n) is 6.11. The maximum absolute atomic E-state index is 12.1. The maximum Gasteiger partial charge on any atom is 0.341 e. The number of esters is 1. The monoisotopic (exact) mass is 417 g/mol. The van der Waals surface area contributed by atoms with Gasteiger partial charge in [-0.05, 0) is 12.1 Å². The Bertz CT molecular complexity index is 1140. The molecule has 0 amide bonds. The van der Waals surface area contributed by atoms with Crippen molar-refractivity contribution in [2.75, 3.05) is 14.2 Å².